The summed E-state index contributed by atoms with van der Waals surface area (Å²) in [5.41, 5.74) is 0. The fraction of sp³-hybridized carbons (Fsp3) is 0.933. The molecular weight excluding hydrogens is 226 g/mol. The third kappa shape index (κ3) is 5.85. The average Bonchev–Trinajstić information content (AvgIpc) is 2.36. The first-order valence-corrected chi connectivity index (χ1v) is 7.52. The Morgan fingerprint density at radius 1 is 1.28 bits per heavy atom. The molecular formula is C15H29NO2. The molecule has 0 radical (unpaired) electrons. The van der Waals surface area contributed by atoms with E-state index < -0.39 is 0 Å². The van der Waals surface area contributed by atoms with Crippen LogP contribution < -0.4 is 5.32 Å². The molecule has 1 rings (SSSR count). The van der Waals surface area contributed by atoms with Gasteiger partial charge in [-0.2, -0.15) is 0 Å². The first-order valence-electron chi connectivity index (χ1n) is 7.52. The zero-order valence-corrected chi connectivity index (χ0v) is 12.0. The van der Waals surface area contributed by atoms with Gasteiger partial charge in [-0.3, -0.25) is 4.79 Å². The lowest BCUT2D eigenvalue weighted by atomic mass is 9.88. The highest BCUT2D eigenvalue weighted by Gasteiger charge is 2.21. The van der Waals surface area contributed by atoms with Crippen molar-refractivity contribution in [2.24, 2.45) is 17.8 Å². The topological polar surface area (TPSA) is 49.3 Å². The second kappa shape index (κ2) is 8.52. The molecule has 1 atom stereocenters. The minimum absolute atomic E-state index is 0.219. The summed E-state index contributed by atoms with van der Waals surface area (Å²) in [4.78, 5) is 12.0. The van der Waals surface area contributed by atoms with Crippen molar-refractivity contribution in [2.75, 3.05) is 13.2 Å². The van der Waals surface area contributed by atoms with E-state index in [1.165, 1.54) is 19.3 Å². The van der Waals surface area contributed by atoms with E-state index in [9.17, 15) is 4.79 Å². The molecule has 1 saturated carbocycles. The molecule has 18 heavy (non-hydrogen) atoms. The summed E-state index contributed by atoms with van der Waals surface area (Å²) in [6, 6.07) is 0. The van der Waals surface area contributed by atoms with Crippen LogP contribution in [0.1, 0.15) is 58.8 Å². The fourth-order valence-electron chi connectivity index (χ4n) is 2.91. The maximum Gasteiger partial charge on any atom is 0.223 e. The van der Waals surface area contributed by atoms with Crippen molar-refractivity contribution in [2.45, 2.75) is 58.8 Å². The van der Waals surface area contributed by atoms with Gasteiger partial charge in [0, 0.05) is 19.1 Å². The Bertz CT molecular complexity index is 235. The SMILES string of the molecule is CC(C)CC(CCO)CNC(=O)C1CCCCC1. The molecule has 2 N–H and O–H groups in total. The number of carbonyl (C=O) groups excluding carboxylic acids is 1. The summed E-state index contributed by atoms with van der Waals surface area (Å²) in [7, 11) is 0. The molecule has 1 aliphatic rings. The molecule has 0 bridgehead atoms. The van der Waals surface area contributed by atoms with Crippen LogP contribution in [0, 0.1) is 17.8 Å². The van der Waals surface area contributed by atoms with Gasteiger partial charge >= 0.3 is 0 Å². The Balaban J connectivity index is 2.28. The van der Waals surface area contributed by atoms with E-state index in [1.54, 1.807) is 0 Å². The van der Waals surface area contributed by atoms with Gasteiger partial charge in [-0.25, -0.2) is 0 Å². The number of amides is 1. The van der Waals surface area contributed by atoms with Gasteiger partial charge in [0.25, 0.3) is 0 Å². The second-order valence-electron chi connectivity index (χ2n) is 6.09. The summed E-state index contributed by atoms with van der Waals surface area (Å²) in [6.45, 7) is 5.32. The molecule has 3 nitrogen and oxygen atoms in total. The number of aliphatic hydroxyl groups excluding tert-OH is 1. The molecule has 0 saturated heterocycles. The number of rotatable bonds is 7. The van der Waals surface area contributed by atoms with E-state index in [1.807, 2.05) is 0 Å². The van der Waals surface area contributed by atoms with Crippen LogP contribution in [0.3, 0.4) is 0 Å². The van der Waals surface area contributed by atoms with Crippen molar-refractivity contribution in [1.82, 2.24) is 5.32 Å². The molecule has 1 amide bonds. The Kier molecular flexibility index (Phi) is 7.33. The maximum atomic E-state index is 12.0. The summed E-state index contributed by atoms with van der Waals surface area (Å²) in [6.07, 6.45) is 7.66. The van der Waals surface area contributed by atoms with Gasteiger partial charge in [-0.1, -0.05) is 33.1 Å². The van der Waals surface area contributed by atoms with Crippen LogP contribution in [0.4, 0.5) is 0 Å². The number of aliphatic hydroxyl groups is 1. The Morgan fingerprint density at radius 3 is 2.50 bits per heavy atom. The molecule has 1 unspecified atom stereocenters. The molecule has 0 aromatic rings. The summed E-state index contributed by atoms with van der Waals surface area (Å²) < 4.78 is 0. The monoisotopic (exact) mass is 255 g/mol. The van der Waals surface area contributed by atoms with E-state index in [2.05, 4.69) is 19.2 Å². The first-order chi connectivity index (χ1) is 8.63. The smallest absolute Gasteiger partial charge is 0.223 e. The number of carbonyl (C=O) groups is 1. The van der Waals surface area contributed by atoms with Gasteiger partial charge in [0.05, 0.1) is 0 Å². The fourth-order valence-corrected chi connectivity index (χ4v) is 2.91. The van der Waals surface area contributed by atoms with Gasteiger partial charge in [-0.05, 0) is 37.5 Å². The molecule has 0 heterocycles. The van der Waals surface area contributed by atoms with Gasteiger partial charge in [0.15, 0.2) is 0 Å². The van der Waals surface area contributed by atoms with Crippen LogP contribution in [-0.2, 0) is 4.79 Å². The Labute approximate surface area is 111 Å². The van der Waals surface area contributed by atoms with Crippen molar-refractivity contribution < 1.29 is 9.90 Å². The number of hydrogen-bond donors (Lipinski definition) is 2. The summed E-state index contributed by atoms with van der Waals surface area (Å²) in [5, 5.41) is 12.1. The third-order valence-electron chi connectivity index (χ3n) is 3.88. The zero-order chi connectivity index (χ0) is 13.4. The lowest BCUT2D eigenvalue weighted by Crippen LogP contribution is -2.35. The van der Waals surface area contributed by atoms with Gasteiger partial charge in [-0.15, -0.1) is 0 Å². The van der Waals surface area contributed by atoms with E-state index in [0.717, 1.165) is 32.2 Å². The van der Waals surface area contributed by atoms with E-state index >= 15 is 0 Å². The average molecular weight is 255 g/mol. The molecule has 106 valence electrons. The summed E-state index contributed by atoms with van der Waals surface area (Å²) >= 11 is 0. The lowest BCUT2D eigenvalue weighted by molar-refractivity contribution is -0.126. The number of nitrogens with one attached hydrogen (secondary N) is 1. The first kappa shape index (κ1) is 15.5. The van der Waals surface area contributed by atoms with Crippen molar-refractivity contribution in [3.05, 3.63) is 0 Å². The van der Waals surface area contributed by atoms with Gasteiger partial charge < -0.3 is 10.4 Å². The lowest BCUT2D eigenvalue weighted by Gasteiger charge is -2.23. The highest BCUT2D eigenvalue weighted by Crippen LogP contribution is 2.24. The third-order valence-corrected chi connectivity index (χ3v) is 3.88. The minimum Gasteiger partial charge on any atom is -0.396 e. The summed E-state index contributed by atoms with van der Waals surface area (Å²) in [5.74, 6) is 1.52. The molecule has 1 aliphatic carbocycles. The largest absolute Gasteiger partial charge is 0.396 e. The van der Waals surface area contributed by atoms with Crippen LogP contribution in [-0.4, -0.2) is 24.2 Å². The molecule has 0 aliphatic heterocycles. The van der Waals surface area contributed by atoms with E-state index in [4.69, 9.17) is 5.11 Å². The normalized spacial score (nSPS) is 18.9. The van der Waals surface area contributed by atoms with E-state index in [0.29, 0.717) is 11.8 Å². The highest BCUT2D eigenvalue weighted by molar-refractivity contribution is 5.78. The van der Waals surface area contributed by atoms with Crippen LogP contribution in [0.25, 0.3) is 0 Å². The van der Waals surface area contributed by atoms with Gasteiger partial charge in [0.1, 0.15) is 0 Å². The molecule has 3 heteroatoms. The van der Waals surface area contributed by atoms with Gasteiger partial charge in [0.2, 0.25) is 5.91 Å². The quantitative estimate of drug-likeness (QED) is 0.735. The van der Waals surface area contributed by atoms with Crippen molar-refractivity contribution in [1.29, 1.82) is 0 Å². The Morgan fingerprint density at radius 2 is 1.94 bits per heavy atom. The molecule has 0 spiro atoms. The second-order valence-corrected chi connectivity index (χ2v) is 6.09. The standard InChI is InChI=1S/C15H29NO2/c1-12(2)10-13(8-9-17)11-16-15(18)14-6-4-3-5-7-14/h12-14,17H,3-11H2,1-2H3,(H,16,18). The zero-order valence-electron chi connectivity index (χ0n) is 12.0. The van der Waals surface area contributed by atoms with E-state index in [-0.39, 0.29) is 18.4 Å². The van der Waals surface area contributed by atoms with Crippen molar-refractivity contribution in [3.63, 3.8) is 0 Å². The van der Waals surface area contributed by atoms with Crippen LogP contribution in [0.15, 0.2) is 0 Å². The van der Waals surface area contributed by atoms with Crippen LogP contribution in [0.2, 0.25) is 0 Å². The van der Waals surface area contributed by atoms with Crippen molar-refractivity contribution in [3.8, 4) is 0 Å². The Hall–Kier alpha value is -0.570. The number of hydrogen-bond acceptors (Lipinski definition) is 2. The van der Waals surface area contributed by atoms with Crippen LogP contribution in [0.5, 0.6) is 0 Å². The predicted molar refractivity (Wildman–Crippen MR) is 74.2 cm³/mol. The maximum absolute atomic E-state index is 12.0. The van der Waals surface area contributed by atoms with Crippen molar-refractivity contribution >= 4 is 5.91 Å². The molecule has 1 fully saturated rings. The minimum atomic E-state index is 0.219. The van der Waals surface area contributed by atoms with Crippen LogP contribution >= 0.6 is 0 Å². The molecule has 0 aromatic carbocycles. The predicted octanol–water partition coefficient (Wildman–Crippen LogP) is 2.73. The molecule has 0 aromatic heterocycles. The highest BCUT2D eigenvalue weighted by atomic mass is 16.3.